The summed E-state index contributed by atoms with van der Waals surface area (Å²) >= 11 is 2.46. The van der Waals surface area contributed by atoms with Crippen LogP contribution in [-0.4, -0.2) is 18.1 Å². The lowest BCUT2D eigenvalue weighted by atomic mass is 10.2. The van der Waals surface area contributed by atoms with Gasteiger partial charge in [-0.1, -0.05) is 34.7 Å². The third-order valence-corrected chi connectivity index (χ3v) is 4.16. The fraction of sp³-hybridized carbons (Fsp3) is 0.538. The largest absolute Gasteiger partial charge is 0.497 e. The fourth-order valence-electron chi connectivity index (χ4n) is 1.75. The Morgan fingerprint density at radius 2 is 2.00 bits per heavy atom. The van der Waals surface area contributed by atoms with Crippen LogP contribution in [0.5, 0.6) is 5.75 Å². The molecule has 0 aliphatic heterocycles. The second-order valence-corrected chi connectivity index (χ2v) is 5.15. The minimum Gasteiger partial charge on any atom is -0.497 e. The van der Waals surface area contributed by atoms with E-state index in [0.29, 0.717) is 6.61 Å². The molecule has 0 heterocycles. The molecule has 3 heteroatoms. The molecule has 88 valence electrons. The smallest absolute Gasteiger partial charge is 0.118 e. The molecule has 1 aromatic carbocycles. The number of hydrogen-bond acceptors (Lipinski definition) is 2. The standard InChI is InChI=1S/C13H17IO2/c1-15-13-4-2-10(3-5-13)8-16-9-12-6-11(12)7-14/h2-5,11-12H,6-9H2,1H3/t11-,12-/m0/s1. The Morgan fingerprint density at radius 1 is 1.25 bits per heavy atom. The number of halogens is 1. The minimum atomic E-state index is 0.717. The third-order valence-electron chi connectivity index (χ3n) is 3.03. The minimum absolute atomic E-state index is 0.717. The maximum Gasteiger partial charge on any atom is 0.118 e. The topological polar surface area (TPSA) is 18.5 Å². The van der Waals surface area contributed by atoms with Crippen LogP contribution in [0.15, 0.2) is 24.3 Å². The summed E-state index contributed by atoms with van der Waals surface area (Å²) in [6.45, 7) is 1.63. The molecule has 16 heavy (non-hydrogen) atoms. The van der Waals surface area contributed by atoms with Crippen molar-refractivity contribution in [3.8, 4) is 5.75 Å². The number of methoxy groups -OCH3 is 1. The molecular formula is C13H17IO2. The van der Waals surface area contributed by atoms with E-state index in [-0.39, 0.29) is 0 Å². The highest BCUT2D eigenvalue weighted by Gasteiger charge is 2.35. The van der Waals surface area contributed by atoms with Crippen molar-refractivity contribution in [2.24, 2.45) is 11.8 Å². The zero-order chi connectivity index (χ0) is 11.4. The maximum absolute atomic E-state index is 5.71. The first-order valence-electron chi connectivity index (χ1n) is 5.60. The van der Waals surface area contributed by atoms with Crippen LogP contribution in [0.1, 0.15) is 12.0 Å². The van der Waals surface area contributed by atoms with Crippen molar-refractivity contribution < 1.29 is 9.47 Å². The van der Waals surface area contributed by atoms with Crippen molar-refractivity contribution in [2.45, 2.75) is 13.0 Å². The molecule has 1 aliphatic carbocycles. The lowest BCUT2D eigenvalue weighted by molar-refractivity contribution is 0.108. The molecular weight excluding hydrogens is 315 g/mol. The molecule has 1 saturated carbocycles. The van der Waals surface area contributed by atoms with Crippen molar-refractivity contribution in [3.05, 3.63) is 29.8 Å². The van der Waals surface area contributed by atoms with Crippen molar-refractivity contribution >= 4 is 22.6 Å². The third kappa shape index (κ3) is 3.35. The lowest BCUT2D eigenvalue weighted by Gasteiger charge is -2.05. The second kappa shape index (κ2) is 5.87. The molecule has 2 nitrogen and oxygen atoms in total. The van der Waals surface area contributed by atoms with Crippen LogP contribution < -0.4 is 4.74 Å². The van der Waals surface area contributed by atoms with E-state index < -0.39 is 0 Å². The molecule has 1 aromatic rings. The van der Waals surface area contributed by atoms with Crippen LogP contribution in [0.2, 0.25) is 0 Å². The van der Waals surface area contributed by atoms with Gasteiger partial charge in [0.2, 0.25) is 0 Å². The molecule has 0 amide bonds. The summed E-state index contributed by atoms with van der Waals surface area (Å²) in [5, 5.41) is 0. The van der Waals surface area contributed by atoms with E-state index in [1.54, 1.807) is 7.11 Å². The Hall–Kier alpha value is -0.290. The van der Waals surface area contributed by atoms with E-state index >= 15 is 0 Å². The van der Waals surface area contributed by atoms with Gasteiger partial charge >= 0.3 is 0 Å². The lowest BCUT2D eigenvalue weighted by Crippen LogP contribution is -1.99. The highest BCUT2D eigenvalue weighted by molar-refractivity contribution is 14.1. The Bertz CT molecular complexity index is 323. The van der Waals surface area contributed by atoms with Gasteiger partial charge in [0.1, 0.15) is 5.75 Å². The molecule has 0 N–H and O–H groups in total. The van der Waals surface area contributed by atoms with Crippen molar-refractivity contribution in [1.82, 2.24) is 0 Å². The predicted octanol–water partition coefficient (Wildman–Crippen LogP) is 3.28. The predicted molar refractivity (Wildman–Crippen MR) is 73.1 cm³/mol. The normalized spacial score (nSPS) is 23.1. The highest BCUT2D eigenvalue weighted by Crippen LogP contribution is 2.39. The number of hydrogen-bond donors (Lipinski definition) is 0. The number of alkyl halides is 1. The van der Waals surface area contributed by atoms with Crippen LogP contribution in [-0.2, 0) is 11.3 Å². The van der Waals surface area contributed by atoms with Gasteiger partial charge in [-0.15, -0.1) is 0 Å². The zero-order valence-electron chi connectivity index (χ0n) is 9.49. The van der Waals surface area contributed by atoms with Gasteiger partial charge in [-0.05, 0) is 36.0 Å². The summed E-state index contributed by atoms with van der Waals surface area (Å²) < 4.78 is 12.1. The van der Waals surface area contributed by atoms with Crippen molar-refractivity contribution in [2.75, 3.05) is 18.1 Å². The molecule has 1 fully saturated rings. The number of ether oxygens (including phenoxy) is 2. The molecule has 0 aromatic heterocycles. The van der Waals surface area contributed by atoms with Gasteiger partial charge in [-0.2, -0.15) is 0 Å². The Labute approximate surface area is 110 Å². The maximum atomic E-state index is 5.71. The Kier molecular flexibility index (Phi) is 4.46. The van der Waals surface area contributed by atoms with Crippen LogP contribution >= 0.6 is 22.6 Å². The molecule has 0 saturated heterocycles. The van der Waals surface area contributed by atoms with Gasteiger partial charge in [0.25, 0.3) is 0 Å². The van der Waals surface area contributed by atoms with Gasteiger partial charge in [0.05, 0.1) is 20.3 Å². The first kappa shape index (κ1) is 12.2. The van der Waals surface area contributed by atoms with E-state index in [2.05, 4.69) is 34.7 Å². The molecule has 0 bridgehead atoms. The summed E-state index contributed by atoms with van der Waals surface area (Å²) in [7, 11) is 1.68. The van der Waals surface area contributed by atoms with Gasteiger partial charge in [-0.3, -0.25) is 0 Å². The van der Waals surface area contributed by atoms with Crippen LogP contribution in [0, 0.1) is 11.8 Å². The van der Waals surface area contributed by atoms with Crippen molar-refractivity contribution in [3.63, 3.8) is 0 Å². The molecule has 0 spiro atoms. The summed E-state index contributed by atoms with van der Waals surface area (Å²) in [5.41, 5.74) is 1.22. The number of rotatable bonds is 6. The highest BCUT2D eigenvalue weighted by atomic mass is 127. The SMILES string of the molecule is COc1ccc(COC[C@@H]2C[C@H]2CI)cc1. The summed E-state index contributed by atoms with van der Waals surface area (Å²) in [6.07, 6.45) is 1.35. The van der Waals surface area contributed by atoms with Gasteiger partial charge in [0, 0.05) is 4.43 Å². The van der Waals surface area contributed by atoms with E-state index in [4.69, 9.17) is 9.47 Å². The number of benzene rings is 1. The first-order chi connectivity index (χ1) is 7.83. The monoisotopic (exact) mass is 332 g/mol. The van der Waals surface area contributed by atoms with Gasteiger partial charge < -0.3 is 9.47 Å². The van der Waals surface area contributed by atoms with Crippen molar-refractivity contribution in [1.29, 1.82) is 0 Å². The Morgan fingerprint density at radius 3 is 2.56 bits per heavy atom. The molecule has 2 atom stereocenters. The van der Waals surface area contributed by atoms with E-state index in [1.165, 1.54) is 16.4 Å². The summed E-state index contributed by atoms with van der Waals surface area (Å²) in [5.74, 6) is 2.63. The molecule has 0 radical (unpaired) electrons. The van der Waals surface area contributed by atoms with Crippen LogP contribution in [0.25, 0.3) is 0 Å². The second-order valence-electron chi connectivity index (χ2n) is 4.27. The molecule has 0 unspecified atom stereocenters. The fourth-order valence-corrected chi connectivity index (χ4v) is 2.83. The van der Waals surface area contributed by atoms with E-state index in [1.807, 2.05) is 12.1 Å². The van der Waals surface area contributed by atoms with Gasteiger partial charge in [-0.25, -0.2) is 0 Å². The Balaban J connectivity index is 1.69. The average molecular weight is 332 g/mol. The first-order valence-corrected chi connectivity index (χ1v) is 7.12. The van der Waals surface area contributed by atoms with Gasteiger partial charge in [0.15, 0.2) is 0 Å². The summed E-state index contributed by atoms with van der Waals surface area (Å²) in [6, 6.07) is 8.07. The molecule has 1 aliphatic rings. The zero-order valence-corrected chi connectivity index (χ0v) is 11.6. The average Bonchev–Trinajstić information content (AvgIpc) is 3.09. The van der Waals surface area contributed by atoms with E-state index in [0.717, 1.165) is 24.2 Å². The quantitative estimate of drug-likeness (QED) is 0.588. The van der Waals surface area contributed by atoms with E-state index in [9.17, 15) is 0 Å². The van der Waals surface area contributed by atoms with Crippen LogP contribution in [0.3, 0.4) is 0 Å². The van der Waals surface area contributed by atoms with Crippen LogP contribution in [0.4, 0.5) is 0 Å². The molecule has 2 rings (SSSR count). The summed E-state index contributed by atoms with van der Waals surface area (Å²) in [4.78, 5) is 0.